The monoisotopic (exact) mass is 304 g/mol. The molecule has 0 aromatic carbocycles. The molecule has 0 aliphatic heterocycles. The standard InChI is InChI=1S/C13H29P.BF3.FH/c1-11(2,3)10-14(12(4,5)6)13(7,8)9;2-1(3)4;/h10H2,1-9H3;;1H. The van der Waals surface area contributed by atoms with Crippen LogP contribution in [0.15, 0.2) is 0 Å². The first-order valence-electron chi connectivity index (χ1n) is 6.36. The van der Waals surface area contributed by atoms with Gasteiger partial charge in [-0.3, -0.25) is 12.9 Å². The van der Waals surface area contributed by atoms with Crippen molar-refractivity contribution in [3.63, 3.8) is 0 Å². The number of halogens is 4. The summed E-state index contributed by atoms with van der Waals surface area (Å²) in [5, 5.41) is 1.02. The maximum Gasteiger partial charge on any atom is 0.762 e. The molecule has 0 radical (unpaired) electrons. The van der Waals surface area contributed by atoms with Crippen molar-refractivity contribution in [2.24, 2.45) is 5.41 Å². The maximum atomic E-state index is 9.67. The van der Waals surface area contributed by atoms with Gasteiger partial charge in [-0.1, -0.05) is 20.8 Å². The van der Waals surface area contributed by atoms with E-state index in [-0.39, 0.29) is 12.6 Å². The van der Waals surface area contributed by atoms with E-state index in [4.69, 9.17) is 0 Å². The molecule has 0 amide bonds. The molecule has 0 nitrogen and oxygen atoms in total. The zero-order valence-electron chi connectivity index (χ0n) is 13.8. The number of hydrogen-bond acceptors (Lipinski definition) is 0. The van der Waals surface area contributed by atoms with Crippen LogP contribution in [0.4, 0.5) is 12.9 Å². The second-order valence-electron chi connectivity index (χ2n) is 7.96. The zero-order chi connectivity index (χ0) is 15.4. The topological polar surface area (TPSA) is 0 Å². The molecular weight excluding hydrogens is 274 g/mol. The minimum Gasteiger partial charge on any atom is -1.00 e. The Labute approximate surface area is 118 Å². The van der Waals surface area contributed by atoms with Crippen LogP contribution in [0, 0.1) is 5.41 Å². The second-order valence-corrected chi connectivity index (χ2v) is 12.3. The van der Waals surface area contributed by atoms with E-state index in [1.165, 1.54) is 6.16 Å². The summed E-state index contributed by atoms with van der Waals surface area (Å²) in [4.78, 5) is 0. The molecule has 0 aliphatic rings. The van der Waals surface area contributed by atoms with E-state index in [1.807, 2.05) is 0 Å². The van der Waals surface area contributed by atoms with Crippen molar-refractivity contribution in [1.82, 2.24) is 0 Å². The van der Waals surface area contributed by atoms with Crippen LogP contribution in [0.2, 0.25) is 0 Å². The summed E-state index contributed by atoms with van der Waals surface area (Å²) >= 11 is 0. The predicted molar refractivity (Wildman–Crippen MR) is 81.2 cm³/mol. The van der Waals surface area contributed by atoms with Crippen LogP contribution in [0.1, 0.15) is 62.3 Å². The molecule has 118 valence electrons. The number of hydrogen-bond donors (Lipinski definition) is 0. The van der Waals surface area contributed by atoms with Gasteiger partial charge in [0.25, 0.3) is 0 Å². The average molecular weight is 304 g/mol. The molecule has 0 atom stereocenters. The Morgan fingerprint density at radius 1 is 0.737 bits per heavy atom. The highest BCUT2D eigenvalue weighted by molar-refractivity contribution is 7.60. The van der Waals surface area contributed by atoms with Gasteiger partial charge in [0.2, 0.25) is 0 Å². The smallest absolute Gasteiger partial charge is 0.762 e. The van der Waals surface area contributed by atoms with Crippen molar-refractivity contribution in [2.45, 2.75) is 72.6 Å². The molecule has 0 saturated heterocycles. The highest BCUT2D eigenvalue weighted by Crippen LogP contribution is 2.61. The zero-order valence-corrected chi connectivity index (χ0v) is 14.8. The van der Waals surface area contributed by atoms with E-state index < -0.39 is 7.54 Å². The van der Waals surface area contributed by atoms with Gasteiger partial charge >= 0.3 is 7.54 Å². The van der Waals surface area contributed by atoms with Crippen LogP contribution in [0.3, 0.4) is 0 Å². The Bertz CT molecular complexity index is 210. The van der Waals surface area contributed by atoms with Gasteiger partial charge in [0, 0.05) is 7.92 Å². The molecule has 0 spiro atoms. The molecular formula is C13H30BF4P. The molecule has 0 fully saturated rings. The molecule has 0 unspecified atom stereocenters. The van der Waals surface area contributed by atoms with Crippen molar-refractivity contribution in [3.8, 4) is 0 Å². The van der Waals surface area contributed by atoms with Crippen LogP contribution < -0.4 is 4.70 Å². The van der Waals surface area contributed by atoms with Crippen LogP contribution in [0.25, 0.3) is 0 Å². The van der Waals surface area contributed by atoms with Gasteiger partial charge in [0.15, 0.2) is 0 Å². The molecule has 0 aromatic rings. The summed E-state index contributed by atoms with van der Waals surface area (Å²) in [5.41, 5.74) is 0.481. The summed E-state index contributed by atoms with van der Waals surface area (Å²) < 4.78 is 29.0. The van der Waals surface area contributed by atoms with Crippen LogP contribution in [-0.4, -0.2) is 24.0 Å². The van der Waals surface area contributed by atoms with E-state index in [0.29, 0.717) is 15.7 Å². The summed E-state index contributed by atoms with van der Waals surface area (Å²) in [6, 6.07) is 0. The first-order valence-corrected chi connectivity index (χ1v) is 8.07. The maximum absolute atomic E-state index is 9.67. The van der Waals surface area contributed by atoms with Crippen molar-refractivity contribution in [2.75, 3.05) is 6.16 Å². The fourth-order valence-corrected chi connectivity index (χ4v) is 6.56. The summed E-state index contributed by atoms with van der Waals surface area (Å²) in [6.45, 7) is 21.6. The molecule has 0 rings (SSSR count). The highest BCUT2D eigenvalue weighted by atomic mass is 31.1. The van der Waals surface area contributed by atoms with Crippen molar-refractivity contribution in [3.05, 3.63) is 0 Å². The first-order chi connectivity index (χ1) is 7.57. The Morgan fingerprint density at radius 2 is 0.947 bits per heavy atom. The molecule has 19 heavy (non-hydrogen) atoms. The van der Waals surface area contributed by atoms with Crippen molar-refractivity contribution >= 4 is 15.5 Å². The Balaban J connectivity index is -0.000000448. The Kier molecular flexibility index (Phi) is 10.8. The first kappa shape index (κ1) is 24.2. The van der Waals surface area contributed by atoms with Gasteiger partial charge < -0.3 is 4.70 Å². The van der Waals surface area contributed by atoms with Gasteiger partial charge in [-0.05, 0) is 47.0 Å². The summed E-state index contributed by atoms with van der Waals surface area (Å²) in [7, 11) is -4.00. The molecule has 0 saturated carbocycles. The number of rotatable bonds is 1. The quantitative estimate of drug-likeness (QED) is 0.397. The molecule has 0 aromatic heterocycles. The molecule has 0 heterocycles. The van der Waals surface area contributed by atoms with Crippen molar-refractivity contribution in [1.29, 1.82) is 0 Å². The van der Waals surface area contributed by atoms with Gasteiger partial charge in [0.1, 0.15) is 0 Å². The van der Waals surface area contributed by atoms with E-state index in [9.17, 15) is 12.9 Å². The highest BCUT2D eigenvalue weighted by Gasteiger charge is 2.43. The largest absolute Gasteiger partial charge is 1.00 e. The van der Waals surface area contributed by atoms with Crippen LogP contribution in [0.5, 0.6) is 0 Å². The molecule has 0 N–H and O–H groups in total. The molecule has 0 bridgehead atoms. The second kappa shape index (κ2) is 8.49. The normalized spacial score (nSPS) is 12.5. The fourth-order valence-electron chi connectivity index (χ4n) is 2.19. The Hall–Kier alpha value is 0.215. The predicted octanol–water partition coefficient (Wildman–Crippen LogP) is 2.73. The van der Waals surface area contributed by atoms with Gasteiger partial charge in [-0.25, -0.2) is 0 Å². The lowest BCUT2D eigenvalue weighted by Crippen LogP contribution is -3.00. The minimum atomic E-state index is -3.67. The summed E-state index contributed by atoms with van der Waals surface area (Å²) in [6.07, 6.45) is 1.41. The van der Waals surface area contributed by atoms with Gasteiger partial charge in [-0.2, -0.15) is 0 Å². The molecule has 6 heteroatoms. The van der Waals surface area contributed by atoms with Crippen molar-refractivity contribution < 1.29 is 17.7 Å². The third kappa shape index (κ3) is 16.2. The lowest BCUT2D eigenvalue weighted by atomic mass is 10.0. The fraction of sp³-hybridized carbons (Fsp3) is 1.00. The van der Waals surface area contributed by atoms with E-state index in [1.54, 1.807) is 0 Å². The Morgan fingerprint density at radius 3 is 1.00 bits per heavy atom. The van der Waals surface area contributed by atoms with E-state index in [2.05, 4.69) is 62.3 Å². The van der Waals surface area contributed by atoms with E-state index in [0.717, 1.165) is 0 Å². The average Bonchev–Trinajstić information content (AvgIpc) is 1.92. The summed E-state index contributed by atoms with van der Waals surface area (Å²) in [5.74, 6) is 0. The lowest BCUT2D eigenvalue weighted by molar-refractivity contribution is -0.00000806. The van der Waals surface area contributed by atoms with Crippen LogP contribution >= 0.6 is 7.92 Å². The minimum absolute atomic E-state index is 0. The SMILES string of the molecule is CC(C)(C)C[PH+](C(C)(C)C)C(C)(C)C.FB(F)F.[F-]. The lowest BCUT2D eigenvalue weighted by Gasteiger charge is -2.37. The van der Waals surface area contributed by atoms with Gasteiger partial charge in [0.05, 0.1) is 16.5 Å². The van der Waals surface area contributed by atoms with Gasteiger partial charge in [-0.15, -0.1) is 0 Å². The third-order valence-electron chi connectivity index (χ3n) is 2.52. The molecule has 0 aliphatic carbocycles. The van der Waals surface area contributed by atoms with Crippen LogP contribution in [-0.2, 0) is 0 Å². The third-order valence-corrected chi connectivity index (χ3v) is 7.55. The van der Waals surface area contributed by atoms with E-state index >= 15 is 0 Å².